The molecule has 0 saturated carbocycles. The van der Waals surface area contributed by atoms with Gasteiger partial charge in [0.2, 0.25) is 5.91 Å². The molecule has 1 fully saturated rings. The maximum Gasteiger partial charge on any atom is 0.253 e. The number of primary amides is 1. The monoisotopic (exact) mass is 487 g/mol. The van der Waals surface area contributed by atoms with Crippen LogP contribution in [-0.2, 0) is 11.3 Å². The molecule has 0 bridgehead atoms. The molecule has 1 heterocycles. The average Bonchev–Trinajstić information content (AvgIpc) is 2.62. The molecule has 2 rings (SSSR count). The van der Waals surface area contributed by atoms with Gasteiger partial charge in [-0.25, -0.2) is 0 Å². The summed E-state index contributed by atoms with van der Waals surface area (Å²) in [5, 5.41) is 3.37. The summed E-state index contributed by atoms with van der Waals surface area (Å²) in [6.07, 6.45) is 2.48. The largest absolute Gasteiger partial charge is 0.370 e. The fraction of sp³-hybridized carbons (Fsp3) is 0.526. The Labute approximate surface area is 178 Å². The highest BCUT2D eigenvalue weighted by molar-refractivity contribution is 14.0. The first-order valence-electron chi connectivity index (χ1n) is 8.95. The summed E-state index contributed by atoms with van der Waals surface area (Å²) < 4.78 is 0. The van der Waals surface area contributed by atoms with Crippen molar-refractivity contribution in [3.8, 4) is 0 Å². The number of nitrogens with zero attached hydrogens (tertiary/aromatic N) is 3. The predicted octanol–water partition coefficient (Wildman–Crippen LogP) is 1.67. The molecule has 1 atom stereocenters. The van der Waals surface area contributed by atoms with E-state index in [0.717, 1.165) is 37.5 Å². The normalized spacial score (nSPS) is 17.1. The molecule has 1 aliphatic heterocycles. The summed E-state index contributed by atoms with van der Waals surface area (Å²) >= 11 is 0. The number of likely N-dealkylation sites (tertiary alicyclic amines) is 1. The lowest BCUT2D eigenvalue weighted by Gasteiger charge is -2.34. The second-order valence-electron chi connectivity index (χ2n) is 6.92. The van der Waals surface area contributed by atoms with Crippen LogP contribution < -0.4 is 11.1 Å². The summed E-state index contributed by atoms with van der Waals surface area (Å²) in [7, 11) is 5.25. The molecule has 0 spiro atoms. The van der Waals surface area contributed by atoms with E-state index in [4.69, 9.17) is 5.73 Å². The Morgan fingerprint density at radius 3 is 2.52 bits per heavy atom. The van der Waals surface area contributed by atoms with Gasteiger partial charge in [-0.05, 0) is 36.5 Å². The van der Waals surface area contributed by atoms with Crippen molar-refractivity contribution in [3.05, 3.63) is 35.4 Å². The number of rotatable bonds is 5. The molecule has 0 radical (unpaired) electrons. The minimum Gasteiger partial charge on any atom is -0.370 e. The third-order valence-electron chi connectivity index (χ3n) is 4.58. The van der Waals surface area contributed by atoms with Crippen LogP contribution >= 0.6 is 24.0 Å². The van der Waals surface area contributed by atoms with Gasteiger partial charge in [-0.3, -0.25) is 14.6 Å². The van der Waals surface area contributed by atoms with Gasteiger partial charge in [0.15, 0.2) is 5.96 Å². The van der Waals surface area contributed by atoms with E-state index >= 15 is 0 Å². The van der Waals surface area contributed by atoms with E-state index in [1.54, 1.807) is 26.0 Å². The first-order chi connectivity index (χ1) is 12.4. The number of nitrogens with one attached hydrogen (secondary N) is 1. The molecule has 7 nitrogen and oxygen atoms in total. The lowest BCUT2D eigenvalue weighted by molar-refractivity contribution is -0.119. The standard InChI is InChI=1S/C19H29N5O2.HI/c1-21-19(24-10-4-5-15(13-24)11-17(20)25)22-12-14-6-8-16(9-7-14)18(26)23(2)3;/h6-9,15H,4-5,10-13H2,1-3H3,(H2,20,25)(H,21,22);1H. The Hall–Kier alpha value is -1.84. The minimum absolute atomic E-state index is 0. The second kappa shape index (κ2) is 11.1. The topological polar surface area (TPSA) is 91.0 Å². The summed E-state index contributed by atoms with van der Waals surface area (Å²) in [4.78, 5) is 31.2. The fourth-order valence-corrected chi connectivity index (χ4v) is 3.25. The van der Waals surface area contributed by atoms with E-state index in [0.29, 0.717) is 18.5 Å². The molecule has 1 aromatic rings. The lowest BCUT2D eigenvalue weighted by Crippen LogP contribution is -2.46. The number of hydrogen-bond acceptors (Lipinski definition) is 3. The van der Waals surface area contributed by atoms with Crippen LogP contribution in [0.25, 0.3) is 0 Å². The van der Waals surface area contributed by atoms with Crippen LogP contribution in [0.15, 0.2) is 29.3 Å². The van der Waals surface area contributed by atoms with Gasteiger partial charge in [-0.2, -0.15) is 0 Å². The maximum atomic E-state index is 11.9. The van der Waals surface area contributed by atoms with Crippen LogP contribution in [0.2, 0.25) is 0 Å². The number of hydrogen-bond donors (Lipinski definition) is 2. The maximum absolute atomic E-state index is 11.9. The third-order valence-corrected chi connectivity index (χ3v) is 4.58. The summed E-state index contributed by atoms with van der Waals surface area (Å²) in [6, 6.07) is 7.57. The van der Waals surface area contributed by atoms with E-state index in [9.17, 15) is 9.59 Å². The molecule has 0 aliphatic carbocycles. The van der Waals surface area contributed by atoms with Gasteiger partial charge < -0.3 is 20.9 Å². The van der Waals surface area contributed by atoms with E-state index in [1.165, 1.54) is 0 Å². The van der Waals surface area contributed by atoms with Gasteiger partial charge in [0.25, 0.3) is 5.91 Å². The number of aliphatic imine (C=N–C) groups is 1. The molecule has 27 heavy (non-hydrogen) atoms. The van der Waals surface area contributed by atoms with Crippen molar-refractivity contribution >= 4 is 41.8 Å². The zero-order chi connectivity index (χ0) is 19.1. The number of piperidine rings is 1. The molecule has 1 unspecified atom stereocenters. The molecule has 0 aromatic heterocycles. The first-order valence-corrected chi connectivity index (χ1v) is 8.95. The fourth-order valence-electron chi connectivity index (χ4n) is 3.25. The van der Waals surface area contributed by atoms with Crippen LogP contribution in [0, 0.1) is 5.92 Å². The highest BCUT2D eigenvalue weighted by atomic mass is 127. The summed E-state index contributed by atoms with van der Waals surface area (Å²) in [5.41, 5.74) is 7.08. The molecular weight excluding hydrogens is 457 g/mol. The first kappa shape index (κ1) is 23.2. The highest BCUT2D eigenvalue weighted by Crippen LogP contribution is 2.19. The van der Waals surface area contributed by atoms with Crippen LogP contribution in [0.3, 0.4) is 0 Å². The van der Waals surface area contributed by atoms with Crippen molar-refractivity contribution in [2.24, 2.45) is 16.6 Å². The zero-order valence-electron chi connectivity index (χ0n) is 16.3. The number of carbonyl (C=O) groups is 2. The number of nitrogens with two attached hydrogens (primary N) is 1. The number of carbonyl (C=O) groups excluding carboxylic acids is 2. The molecule has 8 heteroatoms. The molecule has 150 valence electrons. The van der Waals surface area contributed by atoms with E-state index < -0.39 is 0 Å². The van der Waals surface area contributed by atoms with Gasteiger partial charge in [-0.1, -0.05) is 12.1 Å². The van der Waals surface area contributed by atoms with Crippen LogP contribution in [0.4, 0.5) is 0 Å². The van der Waals surface area contributed by atoms with Gasteiger partial charge in [0.1, 0.15) is 0 Å². The highest BCUT2D eigenvalue weighted by Gasteiger charge is 2.23. The minimum atomic E-state index is -0.243. The third kappa shape index (κ3) is 7.00. The van der Waals surface area contributed by atoms with Gasteiger partial charge >= 0.3 is 0 Å². The molecule has 1 aliphatic rings. The zero-order valence-corrected chi connectivity index (χ0v) is 18.6. The van der Waals surface area contributed by atoms with Gasteiger partial charge in [-0.15, -0.1) is 24.0 Å². The van der Waals surface area contributed by atoms with Crippen LogP contribution in [-0.4, -0.2) is 61.8 Å². The average molecular weight is 487 g/mol. The van der Waals surface area contributed by atoms with Crippen LogP contribution in [0.5, 0.6) is 0 Å². The van der Waals surface area contributed by atoms with Crippen molar-refractivity contribution in [2.45, 2.75) is 25.8 Å². The van der Waals surface area contributed by atoms with E-state index in [1.807, 2.05) is 24.3 Å². The quantitative estimate of drug-likeness (QED) is 0.376. The number of halogens is 1. The molecule has 2 amide bonds. The summed E-state index contributed by atoms with van der Waals surface area (Å²) in [6.45, 7) is 2.34. The molecule has 1 saturated heterocycles. The van der Waals surface area contributed by atoms with Crippen LogP contribution in [0.1, 0.15) is 35.2 Å². The molecule has 1 aromatic carbocycles. The number of amides is 2. The predicted molar refractivity (Wildman–Crippen MR) is 118 cm³/mol. The lowest BCUT2D eigenvalue weighted by atomic mass is 9.95. The summed E-state index contributed by atoms with van der Waals surface area (Å²) in [5.74, 6) is 0.866. The smallest absolute Gasteiger partial charge is 0.253 e. The Morgan fingerprint density at radius 2 is 1.96 bits per heavy atom. The number of guanidine groups is 1. The van der Waals surface area contributed by atoms with Crippen molar-refractivity contribution in [2.75, 3.05) is 34.2 Å². The number of benzene rings is 1. The van der Waals surface area contributed by atoms with Crippen molar-refractivity contribution in [1.82, 2.24) is 15.1 Å². The van der Waals surface area contributed by atoms with Crippen molar-refractivity contribution < 1.29 is 9.59 Å². The second-order valence-corrected chi connectivity index (χ2v) is 6.92. The van der Waals surface area contributed by atoms with E-state index in [-0.39, 0.29) is 41.7 Å². The Bertz CT molecular complexity index is 661. The van der Waals surface area contributed by atoms with Crippen molar-refractivity contribution in [1.29, 1.82) is 0 Å². The van der Waals surface area contributed by atoms with Gasteiger partial charge in [0.05, 0.1) is 0 Å². The Kier molecular flexibility index (Phi) is 9.54. The Balaban J connectivity index is 0.00000364. The van der Waals surface area contributed by atoms with Crippen molar-refractivity contribution in [3.63, 3.8) is 0 Å². The Morgan fingerprint density at radius 1 is 1.30 bits per heavy atom. The van der Waals surface area contributed by atoms with E-state index in [2.05, 4.69) is 15.2 Å². The molecular formula is C19H30IN5O2. The van der Waals surface area contributed by atoms with Gasteiger partial charge in [0, 0.05) is 52.8 Å². The SMILES string of the molecule is CN=C(NCc1ccc(C(=O)N(C)C)cc1)N1CCCC(CC(N)=O)C1.I. The molecule has 3 N–H and O–H groups in total.